The van der Waals surface area contributed by atoms with Gasteiger partial charge in [0, 0.05) is 18.8 Å². The lowest BCUT2D eigenvalue weighted by Crippen LogP contribution is -2.01. The van der Waals surface area contributed by atoms with Crippen molar-refractivity contribution in [1.29, 1.82) is 0 Å². The standard InChI is InChI=1S/C10H13N5/c1-6-3-8(14-10(12)9(6)11)7-4-13-15(2)5-7/h3-5H,11H2,1-2H3,(H2,12,14). The number of hydrogen-bond donors (Lipinski definition) is 2. The van der Waals surface area contributed by atoms with Crippen molar-refractivity contribution in [3.05, 3.63) is 24.0 Å². The third-order valence-corrected chi connectivity index (χ3v) is 2.30. The molecule has 78 valence electrons. The van der Waals surface area contributed by atoms with Crippen LogP contribution in [-0.2, 0) is 7.05 Å². The molecular weight excluding hydrogens is 190 g/mol. The minimum Gasteiger partial charge on any atom is -0.396 e. The molecule has 4 N–H and O–H groups in total. The molecule has 5 heteroatoms. The van der Waals surface area contributed by atoms with Gasteiger partial charge >= 0.3 is 0 Å². The fraction of sp³-hybridized carbons (Fsp3) is 0.200. The van der Waals surface area contributed by atoms with E-state index in [9.17, 15) is 0 Å². The molecule has 0 aliphatic carbocycles. The van der Waals surface area contributed by atoms with E-state index in [0.29, 0.717) is 11.5 Å². The SMILES string of the molecule is Cc1cc(-c2cnn(C)c2)nc(N)c1N. The molecule has 2 aromatic rings. The van der Waals surface area contributed by atoms with Crippen molar-refractivity contribution in [2.24, 2.45) is 7.05 Å². The van der Waals surface area contributed by atoms with Crippen LogP contribution in [0.3, 0.4) is 0 Å². The first-order chi connectivity index (χ1) is 7.08. The van der Waals surface area contributed by atoms with Gasteiger partial charge in [-0.15, -0.1) is 0 Å². The van der Waals surface area contributed by atoms with Gasteiger partial charge in [-0.25, -0.2) is 4.98 Å². The topological polar surface area (TPSA) is 82.8 Å². The van der Waals surface area contributed by atoms with Crippen LogP contribution in [0.2, 0.25) is 0 Å². The Morgan fingerprint density at radius 3 is 2.60 bits per heavy atom. The van der Waals surface area contributed by atoms with Crippen molar-refractivity contribution in [1.82, 2.24) is 14.8 Å². The molecule has 0 bridgehead atoms. The largest absolute Gasteiger partial charge is 0.396 e. The van der Waals surface area contributed by atoms with Crippen LogP contribution < -0.4 is 11.5 Å². The average Bonchev–Trinajstić information content (AvgIpc) is 2.60. The van der Waals surface area contributed by atoms with Crippen molar-refractivity contribution in [3.63, 3.8) is 0 Å². The van der Waals surface area contributed by atoms with E-state index < -0.39 is 0 Å². The molecule has 0 fully saturated rings. The number of aryl methyl sites for hydroxylation is 2. The first-order valence-electron chi connectivity index (χ1n) is 4.59. The summed E-state index contributed by atoms with van der Waals surface area (Å²) in [5.74, 6) is 0.369. The molecule has 0 aliphatic heterocycles. The summed E-state index contributed by atoms with van der Waals surface area (Å²) in [7, 11) is 1.86. The zero-order valence-corrected chi connectivity index (χ0v) is 8.73. The summed E-state index contributed by atoms with van der Waals surface area (Å²) in [6.07, 6.45) is 3.63. The van der Waals surface area contributed by atoms with Crippen LogP contribution in [0.1, 0.15) is 5.56 Å². The van der Waals surface area contributed by atoms with Crippen molar-refractivity contribution >= 4 is 11.5 Å². The fourth-order valence-electron chi connectivity index (χ4n) is 1.41. The van der Waals surface area contributed by atoms with Gasteiger partial charge in [0.1, 0.15) is 5.82 Å². The normalized spacial score (nSPS) is 10.5. The Hall–Kier alpha value is -2.04. The molecule has 0 aliphatic rings. The molecule has 2 heterocycles. The summed E-state index contributed by atoms with van der Waals surface area (Å²) >= 11 is 0. The monoisotopic (exact) mass is 203 g/mol. The third-order valence-electron chi connectivity index (χ3n) is 2.30. The molecule has 0 aromatic carbocycles. The van der Waals surface area contributed by atoms with Gasteiger partial charge in [0.15, 0.2) is 0 Å². The number of anilines is 2. The number of nitrogens with zero attached hydrogens (tertiary/aromatic N) is 3. The lowest BCUT2D eigenvalue weighted by Gasteiger charge is -2.05. The number of hydrogen-bond acceptors (Lipinski definition) is 4. The summed E-state index contributed by atoms with van der Waals surface area (Å²) in [4.78, 5) is 4.22. The summed E-state index contributed by atoms with van der Waals surface area (Å²) in [6, 6.07) is 1.91. The van der Waals surface area contributed by atoms with Crippen molar-refractivity contribution in [2.45, 2.75) is 6.92 Å². The molecule has 0 amide bonds. The molecular formula is C10H13N5. The molecule has 0 radical (unpaired) electrons. The molecule has 5 nitrogen and oxygen atoms in total. The predicted molar refractivity (Wildman–Crippen MR) is 60.0 cm³/mol. The van der Waals surface area contributed by atoms with Crippen LogP contribution in [0.5, 0.6) is 0 Å². The van der Waals surface area contributed by atoms with Crippen LogP contribution in [0, 0.1) is 6.92 Å². The average molecular weight is 203 g/mol. The van der Waals surface area contributed by atoms with Crippen molar-refractivity contribution in [3.8, 4) is 11.3 Å². The zero-order chi connectivity index (χ0) is 11.0. The maximum Gasteiger partial charge on any atom is 0.147 e. The Morgan fingerprint density at radius 2 is 2.07 bits per heavy atom. The van der Waals surface area contributed by atoms with Gasteiger partial charge in [-0.2, -0.15) is 5.10 Å². The molecule has 0 saturated carbocycles. The van der Waals surface area contributed by atoms with Crippen LogP contribution in [0.4, 0.5) is 11.5 Å². The third kappa shape index (κ3) is 1.63. The van der Waals surface area contributed by atoms with E-state index in [0.717, 1.165) is 16.8 Å². The predicted octanol–water partition coefficient (Wildman–Crippen LogP) is 0.955. The van der Waals surface area contributed by atoms with E-state index in [4.69, 9.17) is 11.5 Å². The highest BCUT2D eigenvalue weighted by atomic mass is 15.2. The van der Waals surface area contributed by atoms with Crippen LogP contribution >= 0.6 is 0 Å². The molecule has 15 heavy (non-hydrogen) atoms. The zero-order valence-electron chi connectivity index (χ0n) is 8.73. The molecule has 0 unspecified atom stereocenters. The first-order valence-corrected chi connectivity index (χ1v) is 4.59. The quantitative estimate of drug-likeness (QED) is 0.723. The Kier molecular flexibility index (Phi) is 2.07. The van der Waals surface area contributed by atoms with Crippen LogP contribution in [-0.4, -0.2) is 14.8 Å². The second-order valence-corrected chi connectivity index (χ2v) is 3.53. The maximum atomic E-state index is 5.73. The molecule has 0 spiro atoms. The maximum absolute atomic E-state index is 5.73. The molecule has 0 atom stereocenters. The number of aromatic nitrogens is 3. The first kappa shape index (κ1) is 9.51. The molecule has 2 rings (SSSR count). The van der Waals surface area contributed by atoms with E-state index in [1.54, 1.807) is 10.9 Å². The minimum atomic E-state index is 0.369. The van der Waals surface area contributed by atoms with Gasteiger partial charge in [-0.3, -0.25) is 4.68 Å². The van der Waals surface area contributed by atoms with Crippen molar-refractivity contribution in [2.75, 3.05) is 11.5 Å². The Bertz CT molecular complexity index is 477. The molecule has 0 saturated heterocycles. The molecule has 2 aromatic heterocycles. The summed E-state index contributed by atoms with van der Waals surface area (Å²) in [5, 5.41) is 4.08. The van der Waals surface area contributed by atoms with E-state index in [-0.39, 0.29) is 0 Å². The lowest BCUT2D eigenvalue weighted by molar-refractivity contribution is 0.768. The smallest absolute Gasteiger partial charge is 0.147 e. The van der Waals surface area contributed by atoms with Gasteiger partial charge < -0.3 is 11.5 Å². The summed E-state index contributed by atoms with van der Waals surface area (Å²) < 4.78 is 1.72. The van der Waals surface area contributed by atoms with Gasteiger partial charge in [0.05, 0.1) is 17.6 Å². The number of pyridine rings is 1. The minimum absolute atomic E-state index is 0.369. The highest BCUT2D eigenvalue weighted by Gasteiger charge is 2.07. The lowest BCUT2D eigenvalue weighted by atomic mass is 10.1. The highest BCUT2D eigenvalue weighted by Crippen LogP contribution is 2.24. The fourth-order valence-corrected chi connectivity index (χ4v) is 1.41. The van der Waals surface area contributed by atoms with E-state index >= 15 is 0 Å². The summed E-state index contributed by atoms with van der Waals surface area (Å²) in [6.45, 7) is 1.91. The van der Waals surface area contributed by atoms with Gasteiger partial charge in [-0.1, -0.05) is 0 Å². The van der Waals surface area contributed by atoms with Crippen LogP contribution in [0.15, 0.2) is 18.5 Å². The van der Waals surface area contributed by atoms with Crippen LogP contribution in [0.25, 0.3) is 11.3 Å². The van der Waals surface area contributed by atoms with E-state index in [2.05, 4.69) is 10.1 Å². The van der Waals surface area contributed by atoms with E-state index in [1.165, 1.54) is 0 Å². The van der Waals surface area contributed by atoms with Crippen molar-refractivity contribution < 1.29 is 0 Å². The highest BCUT2D eigenvalue weighted by molar-refractivity contribution is 5.70. The Balaban J connectivity index is 2.55. The second kappa shape index (κ2) is 3.27. The number of rotatable bonds is 1. The Labute approximate surface area is 87.7 Å². The van der Waals surface area contributed by atoms with Gasteiger partial charge in [0.25, 0.3) is 0 Å². The second-order valence-electron chi connectivity index (χ2n) is 3.53. The Morgan fingerprint density at radius 1 is 1.33 bits per heavy atom. The van der Waals surface area contributed by atoms with Gasteiger partial charge in [0.2, 0.25) is 0 Å². The van der Waals surface area contributed by atoms with Gasteiger partial charge in [-0.05, 0) is 18.6 Å². The number of nitrogen functional groups attached to an aromatic ring is 2. The number of nitrogens with two attached hydrogens (primary N) is 2. The summed E-state index contributed by atoms with van der Waals surface area (Å²) in [5.41, 5.74) is 14.6. The van der Waals surface area contributed by atoms with E-state index in [1.807, 2.05) is 26.2 Å².